The van der Waals surface area contributed by atoms with Gasteiger partial charge in [-0.25, -0.2) is 4.98 Å². The maximum atomic E-state index is 9.65. The summed E-state index contributed by atoms with van der Waals surface area (Å²) in [6.45, 7) is 1.99. The van der Waals surface area contributed by atoms with Crippen LogP contribution in [0.3, 0.4) is 0 Å². The topological polar surface area (TPSA) is 41.6 Å². The number of rotatable bonds is 2. The fourth-order valence-electron chi connectivity index (χ4n) is 3.07. The maximum absolute atomic E-state index is 9.65. The lowest BCUT2D eigenvalue weighted by molar-refractivity contribution is 1.07. The molecule has 0 aliphatic heterocycles. The molecule has 0 saturated heterocycles. The second kappa shape index (κ2) is 5.68. The van der Waals surface area contributed by atoms with Crippen molar-refractivity contribution < 1.29 is 0 Å². The lowest BCUT2D eigenvalue weighted by Crippen LogP contribution is -1.95. The van der Waals surface area contributed by atoms with Crippen molar-refractivity contribution in [2.45, 2.75) is 6.92 Å². The highest BCUT2D eigenvalue weighted by atomic mass is 15.0. The highest BCUT2D eigenvalue weighted by Gasteiger charge is 2.16. The van der Waals surface area contributed by atoms with Crippen molar-refractivity contribution in [1.29, 1.82) is 5.26 Å². The minimum atomic E-state index is 0.639. The van der Waals surface area contributed by atoms with E-state index in [-0.39, 0.29) is 0 Å². The second-order valence-corrected chi connectivity index (χ2v) is 5.74. The number of aromatic nitrogens is 2. The lowest BCUT2D eigenvalue weighted by Gasteiger charge is -2.08. The largest absolute Gasteiger partial charge is 0.300 e. The first-order chi connectivity index (χ1) is 11.8. The van der Waals surface area contributed by atoms with Gasteiger partial charge in [0.15, 0.2) is 0 Å². The van der Waals surface area contributed by atoms with Crippen molar-refractivity contribution in [2.75, 3.05) is 0 Å². The zero-order chi connectivity index (χ0) is 16.5. The van der Waals surface area contributed by atoms with Crippen LogP contribution in [0.25, 0.3) is 27.8 Å². The van der Waals surface area contributed by atoms with Crippen LogP contribution in [0.2, 0.25) is 0 Å². The molecule has 24 heavy (non-hydrogen) atoms. The van der Waals surface area contributed by atoms with Gasteiger partial charge < -0.3 is 0 Å². The van der Waals surface area contributed by atoms with Crippen molar-refractivity contribution >= 4 is 11.0 Å². The molecule has 2 aromatic heterocycles. The molecule has 0 N–H and O–H groups in total. The van der Waals surface area contributed by atoms with Gasteiger partial charge in [-0.2, -0.15) is 5.26 Å². The van der Waals surface area contributed by atoms with E-state index in [9.17, 15) is 5.26 Å². The van der Waals surface area contributed by atoms with Crippen LogP contribution in [0.5, 0.6) is 0 Å². The SMILES string of the molecule is Cc1cc(-c2ccccc2)c2c(C#N)cn(-c3ccccc3)c2n1. The Morgan fingerprint density at radius 2 is 1.62 bits per heavy atom. The van der Waals surface area contributed by atoms with E-state index in [2.05, 4.69) is 18.2 Å². The van der Waals surface area contributed by atoms with Gasteiger partial charge in [0.25, 0.3) is 0 Å². The molecule has 114 valence electrons. The van der Waals surface area contributed by atoms with Gasteiger partial charge in [-0.3, -0.25) is 4.57 Å². The Labute approximate surface area is 140 Å². The number of hydrogen-bond donors (Lipinski definition) is 0. The third-order valence-electron chi connectivity index (χ3n) is 4.12. The summed E-state index contributed by atoms with van der Waals surface area (Å²) < 4.78 is 1.99. The van der Waals surface area contributed by atoms with Crippen LogP contribution >= 0.6 is 0 Å². The Kier molecular flexibility index (Phi) is 3.36. The monoisotopic (exact) mass is 309 g/mol. The second-order valence-electron chi connectivity index (χ2n) is 5.74. The molecule has 0 fully saturated rings. The molecule has 4 aromatic rings. The molecule has 0 aliphatic rings. The molecular weight excluding hydrogens is 294 g/mol. The van der Waals surface area contributed by atoms with E-state index in [1.807, 2.05) is 72.3 Å². The fraction of sp³-hybridized carbons (Fsp3) is 0.0476. The van der Waals surface area contributed by atoms with Gasteiger partial charge in [0.1, 0.15) is 11.7 Å². The third kappa shape index (κ3) is 2.26. The van der Waals surface area contributed by atoms with E-state index >= 15 is 0 Å². The molecular formula is C21H15N3. The summed E-state index contributed by atoms with van der Waals surface area (Å²) in [5, 5.41) is 10.5. The zero-order valence-electron chi connectivity index (χ0n) is 13.3. The van der Waals surface area contributed by atoms with Crippen molar-refractivity contribution in [2.24, 2.45) is 0 Å². The fourth-order valence-corrected chi connectivity index (χ4v) is 3.07. The molecule has 2 aromatic carbocycles. The molecule has 0 spiro atoms. The number of benzene rings is 2. The van der Waals surface area contributed by atoms with E-state index in [1.165, 1.54) is 0 Å². The highest BCUT2D eigenvalue weighted by Crippen LogP contribution is 2.33. The molecule has 3 heteroatoms. The maximum Gasteiger partial charge on any atom is 0.146 e. The van der Waals surface area contributed by atoms with Gasteiger partial charge in [0.05, 0.1) is 5.56 Å². The Hall–Kier alpha value is -3.38. The van der Waals surface area contributed by atoms with Gasteiger partial charge >= 0.3 is 0 Å². The van der Waals surface area contributed by atoms with Crippen LogP contribution in [-0.4, -0.2) is 9.55 Å². The van der Waals surface area contributed by atoms with Crippen LogP contribution in [0, 0.1) is 18.3 Å². The molecule has 0 radical (unpaired) electrons. The minimum Gasteiger partial charge on any atom is -0.300 e. The van der Waals surface area contributed by atoms with E-state index in [0.29, 0.717) is 5.56 Å². The van der Waals surface area contributed by atoms with Crippen molar-refractivity contribution in [3.63, 3.8) is 0 Å². The lowest BCUT2D eigenvalue weighted by atomic mass is 10.0. The highest BCUT2D eigenvalue weighted by molar-refractivity contribution is 5.98. The van der Waals surface area contributed by atoms with Crippen molar-refractivity contribution in [3.8, 4) is 22.9 Å². The van der Waals surface area contributed by atoms with Crippen LogP contribution < -0.4 is 0 Å². The van der Waals surface area contributed by atoms with Crippen molar-refractivity contribution in [3.05, 3.63) is 84.2 Å². The summed E-state index contributed by atoms with van der Waals surface area (Å²) in [5.74, 6) is 0. The average molecular weight is 309 g/mol. The summed E-state index contributed by atoms with van der Waals surface area (Å²) >= 11 is 0. The Bertz CT molecular complexity index is 1060. The molecule has 0 aliphatic carbocycles. The minimum absolute atomic E-state index is 0.639. The third-order valence-corrected chi connectivity index (χ3v) is 4.12. The van der Waals surface area contributed by atoms with Crippen LogP contribution in [0.4, 0.5) is 0 Å². The summed E-state index contributed by atoms with van der Waals surface area (Å²) in [5.41, 5.74) is 5.53. The van der Waals surface area contributed by atoms with E-state index < -0.39 is 0 Å². The van der Waals surface area contributed by atoms with Gasteiger partial charge in [0, 0.05) is 23.0 Å². The summed E-state index contributed by atoms with van der Waals surface area (Å²) in [6, 6.07) is 24.5. The summed E-state index contributed by atoms with van der Waals surface area (Å²) in [6.07, 6.45) is 1.87. The Morgan fingerprint density at radius 3 is 2.29 bits per heavy atom. The molecule has 3 nitrogen and oxygen atoms in total. The summed E-state index contributed by atoms with van der Waals surface area (Å²) in [7, 11) is 0. The molecule has 0 saturated carbocycles. The van der Waals surface area contributed by atoms with Gasteiger partial charge in [-0.05, 0) is 36.2 Å². The number of fused-ring (bicyclic) bond motifs is 1. The first-order valence-electron chi connectivity index (χ1n) is 7.81. The molecule has 0 bridgehead atoms. The Balaban J connectivity index is 2.10. The van der Waals surface area contributed by atoms with E-state index in [0.717, 1.165) is 33.5 Å². The molecule has 2 heterocycles. The summed E-state index contributed by atoms with van der Waals surface area (Å²) in [4.78, 5) is 4.72. The standard InChI is InChI=1S/C21H15N3/c1-15-12-19(16-8-4-2-5-9-16)20-17(13-22)14-24(21(20)23-15)18-10-6-3-7-11-18/h2-12,14H,1H3. The van der Waals surface area contributed by atoms with Crippen molar-refractivity contribution in [1.82, 2.24) is 9.55 Å². The number of pyridine rings is 1. The van der Waals surface area contributed by atoms with Crippen LogP contribution in [-0.2, 0) is 0 Å². The zero-order valence-corrected chi connectivity index (χ0v) is 13.3. The van der Waals surface area contributed by atoms with Gasteiger partial charge in [-0.15, -0.1) is 0 Å². The molecule has 0 amide bonds. The van der Waals surface area contributed by atoms with E-state index in [4.69, 9.17) is 4.98 Å². The normalized spacial score (nSPS) is 10.7. The first kappa shape index (κ1) is 14.2. The molecule has 4 rings (SSSR count). The number of para-hydroxylation sites is 1. The predicted octanol–water partition coefficient (Wildman–Crippen LogP) is 4.87. The first-order valence-corrected chi connectivity index (χ1v) is 7.81. The van der Waals surface area contributed by atoms with Crippen LogP contribution in [0.1, 0.15) is 11.3 Å². The Morgan fingerprint density at radius 1 is 0.958 bits per heavy atom. The smallest absolute Gasteiger partial charge is 0.146 e. The van der Waals surface area contributed by atoms with E-state index in [1.54, 1.807) is 0 Å². The van der Waals surface area contributed by atoms with Gasteiger partial charge in [0.2, 0.25) is 0 Å². The number of nitrogens with zero attached hydrogens (tertiary/aromatic N) is 3. The van der Waals surface area contributed by atoms with Crippen LogP contribution in [0.15, 0.2) is 72.9 Å². The quantitative estimate of drug-likeness (QED) is 0.530. The van der Waals surface area contributed by atoms with Gasteiger partial charge in [-0.1, -0.05) is 48.5 Å². The molecule has 0 atom stereocenters. The molecule has 0 unspecified atom stereocenters. The number of aryl methyl sites for hydroxylation is 1. The predicted molar refractivity (Wildman–Crippen MR) is 96.0 cm³/mol. The number of nitriles is 1. The number of hydrogen-bond acceptors (Lipinski definition) is 2. The average Bonchev–Trinajstić information content (AvgIpc) is 3.01.